The Hall–Kier alpha value is -1.64. The molecule has 0 spiro atoms. The molecule has 30 heavy (non-hydrogen) atoms. The molecule has 0 radical (unpaired) electrons. The van der Waals surface area contributed by atoms with E-state index in [0.717, 1.165) is 49.8 Å². The number of ether oxygens (including phenoxy) is 2. The van der Waals surface area contributed by atoms with Crippen molar-refractivity contribution in [2.24, 2.45) is 5.92 Å². The topological polar surface area (TPSA) is 93.7 Å². The Morgan fingerprint density at radius 2 is 1.77 bits per heavy atom. The predicted octanol–water partition coefficient (Wildman–Crippen LogP) is 2.36. The van der Waals surface area contributed by atoms with Gasteiger partial charge in [0.05, 0.1) is 7.11 Å². The largest absolute Gasteiger partial charge is 0.497 e. The van der Waals surface area contributed by atoms with Crippen LogP contribution in [0.4, 0.5) is 0 Å². The van der Waals surface area contributed by atoms with Gasteiger partial charge >= 0.3 is 0 Å². The minimum absolute atomic E-state index is 0.0554. The first kappa shape index (κ1) is 23.0. The van der Waals surface area contributed by atoms with E-state index >= 15 is 0 Å². The standard InChI is InChI=1S/C22H34N2O5S/c1-17-3-7-19(8-4-17)24-30(26,27)15-21(25)23-16-22(11-13-29-14-12-22)18-5-9-20(28-2)10-6-18/h5-6,9-10,17,19,24H,3-4,7-8,11-16H2,1-2H3,(H,23,25). The quantitative estimate of drug-likeness (QED) is 0.650. The summed E-state index contributed by atoms with van der Waals surface area (Å²) in [6.07, 6.45) is 5.25. The fourth-order valence-electron chi connectivity index (χ4n) is 4.44. The number of amides is 1. The molecule has 1 aliphatic heterocycles. The van der Waals surface area contributed by atoms with Crippen LogP contribution in [0.25, 0.3) is 0 Å². The summed E-state index contributed by atoms with van der Waals surface area (Å²) in [5, 5.41) is 2.88. The number of sulfonamides is 1. The van der Waals surface area contributed by atoms with Crippen LogP contribution in [0.3, 0.4) is 0 Å². The lowest BCUT2D eigenvalue weighted by molar-refractivity contribution is -0.119. The summed E-state index contributed by atoms with van der Waals surface area (Å²) in [5.41, 5.74) is 0.834. The Morgan fingerprint density at radius 3 is 2.37 bits per heavy atom. The van der Waals surface area contributed by atoms with E-state index in [2.05, 4.69) is 17.0 Å². The number of rotatable bonds is 8. The summed E-state index contributed by atoms with van der Waals surface area (Å²) < 4.78 is 38.4. The molecule has 1 heterocycles. The molecule has 3 rings (SSSR count). The second kappa shape index (κ2) is 10.1. The molecule has 7 nitrogen and oxygen atoms in total. The maximum absolute atomic E-state index is 12.5. The van der Waals surface area contributed by atoms with E-state index in [9.17, 15) is 13.2 Å². The van der Waals surface area contributed by atoms with E-state index < -0.39 is 21.7 Å². The third-order valence-corrected chi connectivity index (χ3v) is 7.79. The monoisotopic (exact) mass is 438 g/mol. The van der Waals surface area contributed by atoms with Gasteiger partial charge in [-0.1, -0.05) is 19.1 Å². The molecule has 1 aromatic carbocycles. The maximum Gasteiger partial charge on any atom is 0.236 e. The predicted molar refractivity (Wildman–Crippen MR) is 116 cm³/mol. The van der Waals surface area contributed by atoms with Crippen LogP contribution in [0.2, 0.25) is 0 Å². The zero-order valence-corrected chi connectivity index (χ0v) is 18.8. The van der Waals surface area contributed by atoms with E-state index in [1.807, 2.05) is 24.3 Å². The van der Waals surface area contributed by atoms with Crippen LogP contribution >= 0.6 is 0 Å². The van der Waals surface area contributed by atoms with Gasteiger partial charge in [-0.25, -0.2) is 13.1 Å². The molecule has 2 N–H and O–H groups in total. The molecule has 2 fully saturated rings. The molecular formula is C22H34N2O5S. The molecule has 0 aromatic heterocycles. The molecule has 8 heteroatoms. The van der Waals surface area contributed by atoms with E-state index in [-0.39, 0.29) is 11.5 Å². The van der Waals surface area contributed by atoms with Crippen LogP contribution < -0.4 is 14.8 Å². The van der Waals surface area contributed by atoms with Gasteiger partial charge in [-0.15, -0.1) is 0 Å². The molecule has 1 aliphatic carbocycles. The number of carbonyl (C=O) groups excluding carboxylic acids is 1. The lowest BCUT2D eigenvalue weighted by Crippen LogP contribution is -2.47. The third-order valence-electron chi connectivity index (χ3n) is 6.46. The Morgan fingerprint density at radius 1 is 1.13 bits per heavy atom. The van der Waals surface area contributed by atoms with Crippen molar-refractivity contribution in [2.45, 2.75) is 56.9 Å². The lowest BCUT2D eigenvalue weighted by atomic mass is 9.74. The van der Waals surface area contributed by atoms with Crippen molar-refractivity contribution in [3.8, 4) is 5.75 Å². The van der Waals surface area contributed by atoms with Crippen LogP contribution in [0.5, 0.6) is 5.75 Å². The average Bonchev–Trinajstić information content (AvgIpc) is 2.74. The van der Waals surface area contributed by atoms with Crippen LogP contribution in [-0.2, 0) is 25.0 Å². The van der Waals surface area contributed by atoms with Crippen LogP contribution in [0.15, 0.2) is 24.3 Å². The van der Waals surface area contributed by atoms with Gasteiger partial charge in [0.1, 0.15) is 11.5 Å². The highest BCUT2D eigenvalue weighted by Crippen LogP contribution is 2.35. The van der Waals surface area contributed by atoms with E-state index in [0.29, 0.717) is 25.7 Å². The van der Waals surface area contributed by atoms with Crippen molar-refractivity contribution in [2.75, 3.05) is 32.6 Å². The summed E-state index contributed by atoms with van der Waals surface area (Å²) in [5.74, 6) is 0.418. The minimum atomic E-state index is -3.65. The van der Waals surface area contributed by atoms with Crippen molar-refractivity contribution in [3.63, 3.8) is 0 Å². The summed E-state index contributed by atoms with van der Waals surface area (Å²) in [4.78, 5) is 12.5. The van der Waals surface area contributed by atoms with Gasteiger partial charge in [0.15, 0.2) is 0 Å². The molecule has 168 valence electrons. The zero-order valence-electron chi connectivity index (χ0n) is 18.0. The summed E-state index contributed by atoms with van der Waals surface area (Å²) in [6.45, 7) is 3.80. The molecular weight excluding hydrogens is 404 g/mol. The van der Waals surface area contributed by atoms with E-state index in [4.69, 9.17) is 9.47 Å². The van der Waals surface area contributed by atoms with Crippen LogP contribution in [-0.4, -0.2) is 53.0 Å². The summed E-state index contributed by atoms with van der Waals surface area (Å²) in [6, 6.07) is 7.79. The zero-order chi connectivity index (χ0) is 21.6. The first-order chi connectivity index (χ1) is 14.3. The van der Waals surface area contributed by atoms with Crippen LogP contribution in [0, 0.1) is 5.92 Å². The van der Waals surface area contributed by atoms with Gasteiger partial charge < -0.3 is 14.8 Å². The number of benzene rings is 1. The molecule has 1 aromatic rings. The molecule has 1 saturated carbocycles. The van der Waals surface area contributed by atoms with Gasteiger partial charge in [-0.2, -0.15) is 0 Å². The fourth-order valence-corrected chi connectivity index (χ4v) is 5.71. The van der Waals surface area contributed by atoms with Crippen molar-refractivity contribution in [1.29, 1.82) is 0 Å². The number of carbonyl (C=O) groups is 1. The summed E-state index contributed by atoms with van der Waals surface area (Å²) >= 11 is 0. The summed E-state index contributed by atoms with van der Waals surface area (Å²) in [7, 11) is -2.02. The van der Waals surface area contributed by atoms with E-state index in [1.54, 1.807) is 7.11 Å². The van der Waals surface area contributed by atoms with Gasteiger partial charge in [0.25, 0.3) is 0 Å². The van der Waals surface area contributed by atoms with E-state index in [1.165, 1.54) is 0 Å². The molecule has 1 amide bonds. The van der Waals surface area contributed by atoms with Crippen molar-refractivity contribution >= 4 is 15.9 Å². The van der Waals surface area contributed by atoms with Gasteiger partial charge in [0, 0.05) is 31.2 Å². The maximum atomic E-state index is 12.5. The first-order valence-electron chi connectivity index (χ1n) is 10.8. The highest BCUT2D eigenvalue weighted by molar-refractivity contribution is 7.90. The Bertz CT molecular complexity index is 795. The smallest absolute Gasteiger partial charge is 0.236 e. The molecule has 1 saturated heterocycles. The Balaban J connectivity index is 1.58. The SMILES string of the molecule is COc1ccc(C2(CNC(=O)CS(=O)(=O)NC3CCC(C)CC3)CCOCC2)cc1. The van der Waals surface area contributed by atoms with Crippen molar-refractivity contribution < 1.29 is 22.7 Å². The van der Waals surface area contributed by atoms with Crippen LogP contribution in [0.1, 0.15) is 51.0 Å². The normalized spacial score (nSPS) is 24.2. The van der Waals surface area contributed by atoms with Crippen molar-refractivity contribution in [1.82, 2.24) is 10.0 Å². The molecule has 0 atom stereocenters. The highest BCUT2D eigenvalue weighted by Gasteiger charge is 2.35. The first-order valence-corrected chi connectivity index (χ1v) is 12.5. The Kier molecular flexibility index (Phi) is 7.76. The second-order valence-corrected chi connectivity index (χ2v) is 10.5. The van der Waals surface area contributed by atoms with Crippen molar-refractivity contribution in [3.05, 3.63) is 29.8 Å². The average molecular weight is 439 g/mol. The van der Waals surface area contributed by atoms with Gasteiger partial charge in [-0.3, -0.25) is 4.79 Å². The Labute approximate surface area is 180 Å². The fraction of sp³-hybridized carbons (Fsp3) is 0.682. The molecule has 2 aliphatic rings. The minimum Gasteiger partial charge on any atom is -0.497 e. The molecule has 0 unspecified atom stereocenters. The third kappa shape index (κ3) is 6.18. The molecule has 0 bridgehead atoms. The van der Waals surface area contributed by atoms with Gasteiger partial charge in [0.2, 0.25) is 15.9 Å². The number of hydrogen-bond donors (Lipinski definition) is 2. The second-order valence-electron chi connectivity index (χ2n) is 8.73. The number of nitrogens with one attached hydrogen (secondary N) is 2. The number of hydrogen-bond acceptors (Lipinski definition) is 5. The van der Waals surface area contributed by atoms with Gasteiger partial charge in [-0.05, 0) is 62.1 Å². The highest BCUT2D eigenvalue weighted by atomic mass is 32.2. The number of methoxy groups -OCH3 is 1. The lowest BCUT2D eigenvalue weighted by Gasteiger charge is -2.38.